The van der Waals surface area contributed by atoms with Gasteiger partial charge in [0.15, 0.2) is 0 Å². The van der Waals surface area contributed by atoms with E-state index >= 15 is 0 Å². The third-order valence-corrected chi connectivity index (χ3v) is 11.4. The lowest BCUT2D eigenvalue weighted by Crippen LogP contribution is -2.17. The van der Waals surface area contributed by atoms with Gasteiger partial charge in [-0.3, -0.25) is 0 Å². The average Bonchev–Trinajstić information content (AvgIpc) is 3.38. The Kier molecular flexibility index (Phi) is 12.9. The van der Waals surface area contributed by atoms with Gasteiger partial charge >= 0.3 is 0 Å². The summed E-state index contributed by atoms with van der Waals surface area (Å²) in [4.78, 5) is 9.14. The molecule has 0 aliphatic carbocycles. The summed E-state index contributed by atoms with van der Waals surface area (Å²) < 4.78 is 0. The number of anilines is 10. The van der Waals surface area contributed by atoms with Gasteiger partial charge in [0.1, 0.15) is 0 Å². The minimum atomic E-state index is 0.933. The van der Waals surface area contributed by atoms with Crippen LogP contribution in [0.4, 0.5) is 56.9 Å². The van der Waals surface area contributed by atoms with Crippen LogP contribution in [0.5, 0.6) is 0 Å². The molecule has 9 aromatic rings. The first-order valence-electron chi connectivity index (χ1n) is 22.0. The molecule has 0 spiro atoms. The quantitative estimate of drug-likeness (QED) is 0.0954. The summed E-state index contributed by atoms with van der Waals surface area (Å²) in [6, 6.07) is 89.4. The van der Waals surface area contributed by atoms with Crippen LogP contribution in [0.15, 0.2) is 291 Å². The lowest BCUT2D eigenvalue weighted by atomic mass is 10.0. The summed E-state index contributed by atoms with van der Waals surface area (Å²) in [5.74, 6) is 0. The molecule has 4 heteroatoms. The summed E-state index contributed by atoms with van der Waals surface area (Å²) in [5, 5.41) is 0. The van der Waals surface area contributed by atoms with Crippen LogP contribution in [0.2, 0.25) is 0 Å². The predicted molar refractivity (Wildman–Crippen MR) is 277 cm³/mol. The van der Waals surface area contributed by atoms with Gasteiger partial charge in [-0.15, -0.1) is 0 Å². The van der Waals surface area contributed by atoms with Crippen molar-refractivity contribution in [2.24, 2.45) is 0 Å². The number of allylic oxidation sites excluding steroid dienone is 4. The first-order valence-corrected chi connectivity index (χ1v) is 22.0. The monoisotopic (exact) mass is 838 g/mol. The van der Waals surface area contributed by atoms with Crippen molar-refractivity contribution in [3.63, 3.8) is 0 Å². The Morgan fingerprint density at radius 1 is 0.292 bits per heavy atom. The van der Waals surface area contributed by atoms with E-state index in [2.05, 4.69) is 300 Å². The van der Waals surface area contributed by atoms with Gasteiger partial charge in [0.05, 0.1) is 0 Å². The summed E-state index contributed by atoms with van der Waals surface area (Å²) in [6.45, 7) is 6.51. The maximum absolute atomic E-state index is 4.35. The highest BCUT2D eigenvalue weighted by Crippen LogP contribution is 2.40. The molecule has 0 aliphatic rings. The first kappa shape index (κ1) is 41.7. The van der Waals surface area contributed by atoms with Gasteiger partial charge < -0.3 is 19.6 Å². The Hall–Kier alpha value is -8.60. The minimum Gasteiger partial charge on any atom is -0.315 e. The highest BCUT2D eigenvalue weighted by Gasteiger charge is 2.18. The molecule has 0 aliphatic heterocycles. The zero-order valence-electron chi connectivity index (χ0n) is 36.5. The van der Waals surface area contributed by atoms with Crippen LogP contribution < -0.4 is 19.6 Å². The van der Waals surface area contributed by atoms with Gasteiger partial charge in [0, 0.05) is 68.3 Å². The van der Waals surface area contributed by atoms with Gasteiger partial charge in [-0.2, -0.15) is 0 Å². The fourth-order valence-corrected chi connectivity index (χ4v) is 8.23. The number of rotatable bonds is 15. The van der Waals surface area contributed by atoms with E-state index in [1.807, 2.05) is 6.08 Å². The van der Waals surface area contributed by atoms with Crippen LogP contribution in [-0.4, -0.2) is 0 Å². The van der Waals surface area contributed by atoms with Crippen LogP contribution in [-0.2, 0) is 0 Å². The number of hydrogen-bond donors (Lipinski definition) is 0. The topological polar surface area (TPSA) is 13.0 Å². The van der Waals surface area contributed by atoms with E-state index in [4.69, 9.17) is 0 Å². The Balaban J connectivity index is 1.09. The average molecular weight is 839 g/mol. The Morgan fingerprint density at radius 2 is 0.554 bits per heavy atom. The second kappa shape index (κ2) is 20.1. The molecule has 0 amide bonds. The van der Waals surface area contributed by atoms with Gasteiger partial charge in [-0.25, -0.2) is 0 Å². The summed E-state index contributed by atoms with van der Waals surface area (Å²) in [5.41, 5.74) is 15.0. The summed E-state index contributed by atoms with van der Waals surface area (Å²) in [7, 11) is 0. The predicted octanol–water partition coefficient (Wildman–Crippen LogP) is 17.2. The molecular formula is C61H50N4. The third-order valence-electron chi connectivity index (χ3n) is 11.4. The molecular weight excluding hydrogens is 789 g/mol. The van der Waals surface area contributed by atoms with Crippen LogP contribution >= 0.6 is 0 Å². The zero-order valence-corrected chi connectivity index (χ0v) is 36.5. The molecule has 0 bridgehead atoms. The maximum atomic E-state index is 4.35. The number of para-hydroxylation sites is 5. The Morgan fingerprint density at radius 3 is 0.923 bits per heavy atom. The minimum absolute atomic E-state index is 0.933. The highest BCUT2D eigenvalue weighted by atomic mass is 15.2. The van der Waals surface area contributed by atoms with E-state index in [0.29, 0.717) is 0 Å². The molecule has 65 heavy (non-hydrogen) atoms. The highest BCUT2D eigenvalue weighted by molar-refractivity contribution is 5.81. The van der Waals surface area contributed by atoms with Crippen molar-refractivity contribution in [1.29, 1.82) is 0 Å². The molecule has 4 nitrogen and oxygen atoms in total. The molecule has 0 unspecified atom stereocenters. The molecule has 314 valence electrons. The van der Waals surface area contributed by atoms with Crippen molar-refractivity contribution >= 4 is 56.9 Å². The SMILES string of the molecule is C=C/C(=C\C=C(/C)N(c1ccc(-c2ccccc2)cc1)c1ccc(N(c2ccccc2)c2ccccc2)cc1)N(c1ccccc1)c1ccc(N(c2ccccc2)c2ccccc2)cc1. The van der Waals surface area contributed by atoms with Gasteiger partial charge in [-0.05, 0) is 158 Å². The standard InChI is InChI=1S/C61H50N4/c1-3-51(63(52-24-12-5-13-25-52)59-44-46-61(47-45-59)65(55-30-18-8-19-31-55)56-32-20-9-21-33-56)37-34-48(2)62(57-38-35-50(36-39-57)49-22-10-4-11-23-49)58-40-42-60(43-41-58)64(53-26-14-6-15-27-53)54-28-16-7-17-29-54/h3-47H,1H2,2H3/b48-34+,51-37+. The van der Waals surface area contributed by atoms with Gasteiger partial charge in [-0.1, -0.05) is 140 Å². The van der Waals surface area contributed by atoms with Crippen molar-refractivity contribution in [1.82, 2.24) is 0 Å². The molecule has 0 radical (unpaired) electrons. The normalized spacial score (nSPS) is 11.4. The van der Waals surface area contributed by atoms with Crippen LogP contribution in [0.25, 0.3) is 11.1 Å². The molecule has 0 aromatic heterocycles. The van der Waals surface area contributed by atoms with E-state index in [0.717, 1.165) is 68.3 Å². The Bertz CT molecular complexity index is 2870. The van der Waals surface area contributed by atoms with E-state index in [-0.39, 0.29) is 0 Å². The zero-order chi connectivity index (χ0) is 44.2. The molecule has 0 N–H and O–H groups in total. The number of hydrogen-bond acceptors (Lipinski definition) is 4. The van der Waals surface area contributed by atoms with Crippen LogP contribution in [0, 0.1) is 0 Å². The Labute approximate surface area is 383 Å². The molecule has 0 saturated carbocycles. The van der Waals surface area contributed by atoms with E-state index in [1.54, 1.807) is 0 Å². The van der Waals surface area contributed by atoms with Gasteiger partial charge in [0.2, 0.25) is 0 Å². The van der Waals surface area contributed by atoms with E-state index in [1.165, 1.54) is 11.1 Å². The van der Waals surface area contributed by atoms with Crippen molar-refractivity contribution in [3.8, 4) is 11.1 Å². The van der Waals surface area contributed by atoms with Crippen LogP contribution in [0.1, 0.15) is 6.92 Å². The van der Waals surface area contributed by atoms with Crippen molar-refractivity contribution in [2.45, 2.75) is 6.92 Å². The summed E-state index contributed by atoms with van der Waals surface area (Å²) >= 11 is 0. The number of nitrogens with zero attached hydrogens (tertiary/aromatic N) is 4. The van der Waals surface area contributed by atoms with E-state index in [9.17, 15) is 0 Å². The molecule has 0 heterocycles. The second-order valence-corrected chi connectivity index (χ2v) is 15.6. The largest absolute Gasteiger partial charge is 0.315 e. The summed E-state index contributed by atoms with van der Waals surface area (Å²) in [6.07, 6.45) is 6.28. The smallest absolute Gasteiger partial charge is 0.0463 e. The second-order valence-electron chi connectivity index (χ2n) is 15.6. The maximum Gasteiger partial charge on any atom is 0.0463 e. The molecule has 9 aromatic carbocycles. The van der Waals surface area contributed by atoms with Crippen molar-refractivity contribution in [2.75, 3.05) is 19.6 Å². The van der Waals surface area contributed by atoms with Crippen molar-refractivity contribution in [3.05, 3.63) is 291 Å². The van der Waals surface area contributed by atoms with Crippen molar-refractivity contribution < 1.29 is 0 Å². The molecule has 0 fully saturated rings. The first-order chi connectivity index (χ1) is 32.1. The molecule has 0 atom stereocenters. The third kappa shape index (κ3) is 9.58. The molecule has 0 saturated heterocycles. The van der Waals surface area contributed by atoms with Gasteiger partial charge in [0.25, 0.3) is 0 Å². The van der Waals surface area contributed by atoms with Crippen LogP contribution in [0.3, 0.4) is 0 Å². The lowest BCUT2D eigenvalue weighted by molar-refractivity contribution is 1.15. The lowest BCUT2D eigenvalue weighted by Gasteiger charge is -2.29. The van der Waals surface area contributed by atoms with E-state index < -0.39 is 0 Å². The molecule has 9 rings (SSSR count). The fraction of sp³-hybridized carbons (Fsp3) is 0.0164. The number of benzene rings is 9. The fourth-order valence-electron chi connectivity index (χ4n) is 8.23.